The number of benzene rings is 3. The van der Waals surface area contributed by atoms with Gasteiger partial charge >= 0.3 is 11.9 Å². The highest BCUT2D eigenvalue weighted by Gasteiger charge is 2.68. The molecular weight excluding hydrogens is 686 g/mol. The Hall–Kier alpha value is -3.79. The van der Waals surface area contributed by atoms with Gasteiger partial charge in [0.1, 0.15) is 18.5 Å². The number of hydrogen-bond acceptors (Lipinski definition) is 7. The summed E-state index contributed by atoms with van der Waals surface area (Å²) in [5.41, 5.74) is -0.457. The molecule has 1 saturated heterocycles. The first-order chi connectivity index (χ1) is 25.2. The minimum atomic E-state index is -2.93. The van der Waals surface area contributed by atoms with Gasteiger partial charge in [0.25, 0.3) is 8.32 Å². The number of fused-ring (bicyclic) bond motifs is 3. The van der Waals surface area contributed by atoms with Crippen LogP contribution in [0.1, 0.15) is 73.6 Å². The topological polar surface area (TPSA) is 83.1 Å². The normalized spacial score (nSPS) is 31.2. The van der Waals surface area contributed by atoms with Gasteiger partial charge in [-0.2, -0.15) is 0 Å². The highest BCUT2D eigenvalue weighted by Crippen LogP contribution is 2.67. The van der Waals surface area contributed by atoms with Gasteiger partial charge in [0.2, 0.25) is 0 Å². The van der Waals surface area contributed by atoms with E-state index in [0.717, 1.165) is 12.8 Å². The van der Waals surface area contributed by atoms with Crippen molar-refractivity contribution in [2.45, 2.75) is 96.5 Å². The first-order valence-electron chi connectivity index (χ1n) is 19.2. The minimum Gasteiger partial charge on any atom is -0.462 e. The summed E-state index contributed by atoms with van der Waals surface area (Å²) in [6, 6.07) is 28.0. The Bertz CT molecular complexity index is 1810. The number of esters is 2. The van der Waals surface area contributed by atoms with Crippen molar-refractivity contribution in [3.05, 3.63) is 102 Å². The van der Waals surface area contributed by atoms with Crippen LogP contribution in [0.25, 0.3) is 0 Å². The van der Waals surface area contributed by atoms with E-state index in [4.69, 9.17) is 18.6 Å². The van der Waals surface area contributed by atoms with Gasteiger partial charge < -0.3 is 24.0 Å². The molecule has 53 heavy (non-hydrogen) atoms. The standard InChI is InChI=1S/C44H54FNO6Si/c1-30(47)51-39-22-24-42(5)37(43(39,6)29-50-53(41(2,3)4,31-15-9-7-10-16-31)32-17-11-8-12-18-32)21-25-44(28-46-35-20-14-13-19-34(35)45)38(42)27-36(52-44)33-23-26-49-40(33)48/h7-20,23,36-39,46H,21-22,24-29H2,1-6H3/t36-,37-,38-,39+,42+,43-,44+/m0/s1. The molecule has 2 aliphatic carbocycles. The van der Waals surface area contributed by atoms with E-state index in [0.29, 0.717) is 43.7 Å². The van der Waals surface area contributed by atoms with Crippen LogP contribution in [0.5, 0.6) is 0 Å². The summed E-state index contributed by atoms with van der Waals surface area (Å²) in [7, 11) is -2.93. The Morgan fingerprint density at radius 3 is 2.15 bits per heavy atom. The van der Waals surface area contributed by atoms with Crippen LogP contribution in [0.2, 0.25) is 5.04 Å². The van der Waals surface area contributed by atoms with Gasteiger partial charge in [0.05, 0.1) is 23.0 Å². The van der Waals surface area contributed by atoms with Crippen LogP contribution in [-0.4, -0.2) is 57.8 Å². The zero-order valence-corrected chi connectivity index (χ0v) is 33.0. The number of anilines is 1. The van der Waals surface area contributed by atoms with E-state index in [1.54, 1.807) is 12.1 Å². The van der Waals surface area contributed by atoms with Crippen LogP contribution < -0.4 is 15.7 Å². The Labute approximate surface area is 314 Å². The van der Waals surface area contributed by atoms with Gasteiger partial charge in [-0.1, -0.05) is 107 Å². The number of rotatable bonds is 10. The minimum absolute atomic E-state index is 0.0257. The van der Waals surface area contributed by atoms with E-state index in [-0.39, 0.29) is 52.8 Å². The fraction of sp³-hybridized carbons (Fsp3) is 0.500. The quantitative estimate of drug-likeness (QED) is 0.170. The first kappa shape index (κ1) is 37.5. The van der Waals surface area contributed by atoms with Crippen molar-refractivity contribution in [3.8, 4) is 0 Å². The molecule has 0 unspecified atom stereocenters. The third-order valence-electron chi connectivity index (χ3n) is 13.3. The summed E-state index contributed by atoms with van der Waals surface area (Å²) in [6.07, 6.45) is 4.72. The summed E-state index contributed by atoms with van der Waals surface area (Å²) >= 11 is 0. The summed E-state index contributed by atoms with van der Waals surface area (Å²) < 4.78 is 41.3. The van der Waals surface area contributed by atoms with E-state index in [1.807, 2.05) is 12.1 Å². The highest BCUT2D eigenvalue weighted by atomic mass is 28.4. The third kappa shape index (κ3) is 6.46. The van der Waals surface area contributed by atoms with E-state index >= 15 is 0 Å². The maximum absolute atomic E-state index is 14.9. The fourth-order valence-corrected chi connectivity index (χ4v) is 15.6. The van der Waals surface area contributed by atoms with Crippen molar-refractivity contribution >= 4 is 36.3 Å². The average molecular weight is 740 g/mol. The molecule has 4 aliphatic rings. The molecule has 0 radical (unpaired) electrons. The Kier molecular flexibility index (Phi) is 10.00. The first-order valence-corrected chi connectivity index (χ1v) is 21.1. The molecule has 2 heterocycles. The lowest BCUT2D eigenvalue weighted by Gasteiger charge is -2.63. The van der Waals surface area contributed by atoms with Crippen LogP contribution in [-0.2, 0) is 28.2 Å². The summed E-state index contributed by atoms with van der Waals surface area (Å²) in [6.45, 7) is 14.1. The van der Waals surface area contributed by atoms with Crippen molar-refractivity contribution in [3.63, 3.8) is 0 Å². The number of ether oxygens (including phenoxy) is 3. The molecule has 3 fully saturated rings. The number of hydrogen-bond donors (Lipinski definition) is 1. The number of carbonyl (C=O) groups is 2. The molecule has 282 valence electrons. The van der Waals surface area contributed by atoms with Crippen LogP contribution >= 0.6 is 0 Å². The number of para-hydroxylation sites is 1. The van der Waals surface area contributed by atoms with Gasteiger partial charge in [0, 0.05) is 25.5 Å². The molecule has 0 aromatic heterocycles. The summed E-state index contributed by atoms with van der Waals surface area (Å²) in [4.78, 5) is 25.7. The Morgan fingerprint density at radius 1 is 0.925 bits per heavy atom. The van der Waals surface area contributed by atoms with Crippen molar-refractivity contribution in [1.82, 2.24) is 0 Å². The number of nitrogens with one attached hydrogen (secondary N) is 1. The summed E-state index contributed by atoms with van der Waals surface area (Å²) in [5, 5.41) is 5.59. The monoisotopic (exact) mass is 739 g/mol. The van der Waals surface area contributed by atoms with E-state index in [1.165, 1.54) is 23.4 Å². The van der Waals surface area contributed by atoms with E-state index in [9.17, 15) is 14.0 Å². The second-order valence-corrected chi connectivity index (χ2v) is 21.5. The van der Waals surface area contributed by atoms with Crippen LogP contribution in [0.15, 0.2) is 96.6 Å². The van der Waals surface area contributed by atoms with Gasteiger partial charge in [-0.05, 0) is 83.0 Å². The number of carbonyl (C=O) groups excluding carboxylic acids is 2. The number of halogens is 1. The summed E-state index contributed by atoms with van der Waals surface area (Å²) in [5.74, 6) is -0.797. The smallest absolute Gasteiger partial charge is 0.336 e. The van der Waals surface area contributed by atoms with Gasteiger partial charge in [0.15, 0.2) is 0 Å². The van der Waals surface area contributed by atoms with Crippen LogP contribution in [0.4, 0.5) is 10.1 Å². The van der Waals surface area contributed by atoms with Gasteiger partial charge in [-0.15, -0.1) is 0 Å². The molecule has 9 heteroatoms. The zero-order valence-electron chi connectivity index (χ0n) is 32.0. The average Bonchev–Trinajstić information content (AvgIpc) is 3.74. The maximum atomic E-state index is 14.9. The predicted molar refractivity (Wildman–Crippen MR) is 207 cm³/mol. The van der Waals surface area contributed by atoms with Crippen molar-refractivity contribution in [2.24, 2.45) is 22.7 Å². The Morgan fingerprint density at radius 2 is 1.57 bits per heavy atom. The molecule has 7 rings (SSSR count). The van der Waals surface area contributed by atoms with Crippen molar-refractivity contribution in [1.29, 1.82) is 0 Å². The molecule has 3 aromatic rings. The predicted octanol–water partition coefficient (Wildman–Crippen LogP) is 7.59. The lowest BCUT2D eigenvalue weighted by atomic mass is 9.44. The molecule has 0 bridgehead atoms. The SMILES string of the molecule is CC(=O)O[C@@H]1CC[C@]2(C)[C@H](CC[C@]3(CNc4ccccc4F)O[C@H](C4=CCOC4=O)C[C@H]32)[C@]1(C)CO[Si](c1ccccc1)(c1ccccc1)C(C)(C)C. The zero-order chi connectivity index (χ0) is 37.6. The molecule has 2 aliphatic heterocycles. The molecule has 2 saturated carbocycles. The van der Waals surface area contributed by atoms with Gasteiger partial charge in [-0.25, -0.2) is 9.18 Å². The lowest BCUT2D eigenvalue weighted by molar-refractivity contribution is -0.209. The highest BCUT2D eigenvalue weighted by molar-refractivity contribution is 6.99. The van der Waals surface area contributed by atoms with Crippen molar-refractivity contribution in [2.75, 3.05) is 25.1 Å². The maximum Gasteiger partial charge on any atom is 0.336 e. The second-order valence-electron chi connectivity index (χ2n) is 17.2. The molecule has 7 nitrogen and oxygen atoms in total. The molecule has 0 amide bonds. The molecular formula is C44H54FNO6Si. The van der Waals surface area contributed by atoms with E-state index in [2.05, 4.69) is 101 Å². The molecule has 0 spiro atoms. The van der Waals surface area contributed by atoms with Crippen LogP contribution in [0.3, 0.4) is 0 Å². The second kappa shape index (κ2) is 14.1. The molecule has 7 atom stereocenters. The Balaban J connectivity index is 1.29. The fourth-order valence-electron chi connectivity index (χ4n) is 10.9. The van der Waals surface area contributed by atoms with Crippen molar-refractivity contribution < 1.29 is 32.6 Å². The van der Waals surface area contributed by atoms with Gasteiger partial charge in [-0.3, -0.25) is 4.79 Å². The molecule has 1 N–H and O–H groups in total. The van der Waals surface area contributed by atoms with Crippen LogP contribution in [0, 0.1) is 28.5 Å². The third-order valence-corrected chi connectivity index (χ3v) is 18.2. The lowest BCUT2D eigenvalue weighted by Crippen LogP contribution is -2.69. The van der Waals surface area contributed by atoms with E-state index < -0.39 is 25.4 Å². The molecule has 3 aromatic carbocycles. The largest absolute Gasteiger partial charge is 0.462 e. The number of cyclic esters (lactones) is 1.